The summed E-state index contributed by atoms with van der Waals surface area (Å²) in [5.41, 5.74) is 2.93. The molecule has 0 radical (unpaired) electrons. The molecule has 5 heteroatoms. The molecule has 2 rings (SSSR count). The van der Waals surface area contributed by atoms with Gasteiger partial charge in [-0.25, -0.2) is 9.59 Å². The van der Waals surface area contributed by atoms with Crippen molar-refractivity contribution >= 4 is 17.8 Å². The Morgan fingerprint density at radius 3 is 2.19 bits per heavy atom. The summed E-state index contributed by atoms with van der Waals surface area (Å²) in [5, 5.41) is 0. The lowest BCUT2D eigenvalue weighted by atomic mass is 10.00. The molecule has 0 fully saturated rings. The van der Waals surface area contributed by atoms with Gasteiger partial charge in [0.1, 0.15) is 12.3 Å². The van der Waals surface area contributed by atoms with Crippen LogP contribution in [0.5, 0.6) is 0 Å². The number of nitrogens with zero attached hydrogens (tertiary/aromatic N) is 1. The van der Waals surface area contributed by atoms with E-state index in [4.69, 9.17) is 9.47 Å². The third kappa shape index (κ3) is 5.84. The summed E-state index contributed by atoms with van der Waals surface area (Å²) < 4.78 is 9.84. The van der Waals surface area contributed by atoms with Gasteiger partial charge in [-0.2, -0.15) is 4.99 Å². The molecule has 0 atom stereocenters. The minimum Gasteiger partial charge on any atom is -0.465 e. The van der Waals surface area contributed by atoms with Crippen molar-refractivity contribution in [2.24, 2.45) is 4.99 Å². The molecule has 0 saturated heterocycles. The van der Waals surface area contributed by atoms with E-state index in [1.54, 1.807) is 0 Å². The Hall–Kier alpha value is -2.95. The summed E-state index contributed by atoms with van der Waals surface area (Å²) in [6.07, 6.45) is -0.612. The fourth-order valence-corrected chi connectivity index (χ4v) is 2.35. The molecule has 2 aromatic carbocycles. The van der Waals surface area contributed by atoms with Crippen molar-refractivity contribution in [2.45, 2.75) is 32.8 Å². The molecule has 5 nitrogen and oxygen atoms in total. The van der Waals surface area contributed by atoms with Crippen molar-refractivity contribution in [1.29, 1.82) is 0 Å². The number of amides is 1. The zero-order valence-electron chi connectivity index (χ0n) is 15.3. The first-order valence-corrected chi connectivity index (χ1v) is 8.45. The minimum atomic E-state index is -0.812. The van der Waals surface area contributed by atoms with Crippen LogP contribution in [0, 0.1) is 0 Å². The molecule has 0 aliphatic heterocycles. The second-order valence-corrected chi connectivity index (χ2v) is 6.16. The Bertz CT molecular complexity index is 764. The number of aliphatic imine (C=N–C) groups is 1. The molecule has 1 amide bonds. The summed E-state index contributed by atoms with van der Waals surface area (Å²) in [6, 6.07) is 17.1. The quantitative estimate of drug-likeness (QED) is 0.573. The lowest BCUT2D eigenvalue weighted by Gasteiger charge is -2.08. The van der Waals surface area contributed by atoms with Crippen molar-refractivity contribution < 1.29 is 19.1 Å². The van der Waals surface area contributed by atoms with Crippen LogP contribution >= 0.6 is 0 Å². The van der Waals surface area contributed by atoms with Gasteiger partial charge in [0.25, 0.3) is 0 Å². The Kier molecular flexibility index (Phi) is 7.09. The lowest BCUT2D eigenvalue weighted by Crippen LogP contribution is -2.20. The van der Waals surface area contributed by atoms with Gasteiger partial charge in [-0.3, -0.25) is 0 Å². The first-order chi connectivity index (χ1) is 12.5. The summed E-state index contributed by atoms with van der Waals surface area (Å²) in [7, 11) is 1.26. The molecule has 2 aromatic rings. The van der Waals surface area contributed by atoms with Crippen molar-refractivity contribution in [3.63, 3.8) is 0 Å². The zero-order chi connectivity index (χ0) is 18.9. The maximum Gasteiger partial charge on any atom is 0.434 e. The molecule has 0 unspecified atom stereocenters. The van der Waals surface area contributed by atoms with E-state index >= 15 is 0 Å². The monoisotopic (exact) mass is 353 g/mol. The van der Waals surface area contributed by atoms with E-state index in [0.717, 1.165) is 11.1 Å². The largest absolute Gasteiger partial charge is 0.465 e. The van der Waals surface area contributed by atoms with Gasteiger partial charge in [0, 0.05) is 6.42 Å². The van der Waals surface area contributed by atoms with Crippen LogP contribution in [0.3, 0.4) is 0 Å². The molecular formula is C21H23NO4. The van der Waals surface area contributed by atoms with Gasteiger partial charge in [0.05, 0.1) is 7.11 Å². The van der Waals surface area contributed by atoms with Crippen molar-refractivity contribution in [3.05, 3.63) is 71.3 Å². The fourth-order valence-electron chi connectivity index (χ4n) is 2.35. The molecule has 0 aliphatic carbocycles. The topological polar surface area (TPSA) is 65.0 Å². The average molecular weight is 353 g/mol. The highest BCUT2D eigenvalue weighted by molar-refractivity contribution is 6.38. The third-order valence-corrected chi connectivity index (χ3v) is 3.87. The van der Waals surface area contributed by atoms with E-state index < -0.39 is 12.1 Å². The smallest absolute Gasteiger partial charge is 0.434 e. The number of hydrogen-bond donors (Lipinski definition) is 0. The van der Waals surface area contributed by atoms with Crippen molar-refractivity contribution in [1.82, 2.24) is 0 Å². The Labute approximate surface area is 153 Å². The number of benzene rings is 2. The van der Waals surface area contributed by atoms with E-state index in [1.165, 1.54) is 12.7 Å². The molecule has 0 heterocycles. The third-order valence-electron chi connectivity index (χ3n) is 3.87. The van der Waals surface area contributed by atoms with Crippen LogP contribution in [-0.2, 0) is 27.3 Å². The van der Waals surface area contributed by atoms with Crippen LogP contribution in [0.25, 0.3) is 0 Å². The Morgan fingerprint density at radius 1 is 0.962 bits per heavy atom. The Balaban J connectivity index is 2.06. The predicted octanol–water partition coefficient (Wildman–Crippen LogP) is 4.30. The van der Waals surface area contributed by atoms with Crippen LogP contribution < -0.4 is 0 Å². The van der Waals surface area contributed by atoms with Crippen molar-refractivity contribution in [3.8, 4) is 0 Å². The average Bonchev–Trinajstić information content (AvgIpc) is 2.66. The summed E-state index contributed by atoms with van der Waals surface area (Å²) in [4.78, 5) is 27.7. The highest BCUT2D eigenvalue weighted by atomic mass is 16.5. The SMILES string of the molecule is COC(=O)C(Cc1ccc(C(C)C)cc1)=NC(=O)OCc1ccccc1. The molecule has 136 valence electrons. The van der Waals surface area contributed by atoms with Crippen LogP contribution in [0.1, 0.15) is 36.5 Å². The van der Waals surface area contributed by atoms with Gasteiger partial charge in [-0.05, 0) is 22.6 Å². The van der Waals surface area contributed by atoms with E-state index in [-0.39, 0.29) is 18.7 Å². The molecule has 0 N–H and O–H groups in total. The van der Waals surface area contributed by atoms with Crippen LogP contribution in [0.4, 0.5) is 4.79 Å². The lowest BCUT2D eigenvalue weighted by molar-refractivity contribution is -0.132. The first kappa shape index (κ1) is 19.4. The van der Waals surface area contributed by atoms with E-state index in [2.05, 4.69) is 18.8 Å². The van der Waals surface area contributed by atoms with E-state index in [9.17, 15) is 9.59 Å². The second-order valence-electron chi connectivity index (χ2n) is 6.16. The predicted molar refractivity (Wildman–Crippen MR) is 100 cm³/mol. The van der Waals surface area contributed by atoms with Gasteiger partial charge in [-0.15, -0.1) is 0 Å². The number of rotatable bonds is 6. The second kappa shape index (κ2) is 9.51. The highest BCUT2D eigenvalue weighted by Gasteiger charge is 2.16. The maximum absolute atomic E-state index is 12.0. The minimum absolute atomic E-state index is 0.0165. The van der Waals surface area contributed by atoms with Crippen LogP contribution in [0.15, 0.2) is 59.6 Å². The Morgan fingerprint density at radius 2 is 1.62 bits per heavy atom. The van der Waals surface area contributed by atoms with Crippen LogP contribution in [-0.4, -0.2) is 24.9 Å². The standard InChI is InChI=1S/C21H23NO4/c1-15(2)18-11-9-16(10-12-18)13-19(20(23)25-3)22-21(24)26-14-17-7-5-4-6-8-17/h4-12,15H,13-14H2,1-3H3. The van der Waals surface area contributed by atoms with Crippen LogP contribution in [0.2, 0.25) is 0 Å². The molecule has 0 bridgehead atoms. The highest BCUT2D eigenvalue weighted by Crippen LogP contribution is 2.15. The normalized spacial score (nSPS) is 11.3. The number of carbonyl (C=O) groups excluding carboxylic acids is 2. The fraction of sp³-hybridized carbons (Fsp3) is 0.286. The number of carbonyl (C=O) groups is 2. The van der Waals surface area contributed by atoms with Gasteiger partial charge >= 0.3 is 12.1 Å². The summed E-state index contributed by atoms with van der Waals surface area (Å²) in [5.74, 6) is -0.222. The van der Waals surface area contributed by atoms with E-state index in [0.29, 0.717) is 5.92 Å². The number of ether oxygens (including phenoxy) is 2. The molecule has 26 heavy (non-hydrogen) atoms. The summed E-state index contributed by atoms with van der Waals surface area (Å²) in [6.45, 7) is 4.32. The number of esters is 1. The number of methoxy groups -OCH3 is 1. The van der Waals surface area contributed by atoms with Gasteiger partial charge in [0.15, 0.2) is 0 Å². The maximum atomic E-state index is 12.0. The van der Waals surface area contributed by atoms with E-state index in [1.807, 2.05) is 54.6 Å². The number of hydrogen-bond acceptors (Lipinski definition) is 4. The summed E-state index contributed by atoms with van der Waals surface area (Å²) >= 11 is 0. The van der Waals surface area contributed by atoms with Gasteiger partial charge in [0.2, 0.25) is 0 Å². The zero-order valence-corrected chi connectivity index (χ0v) is 15.3. The molecular weight excluding hydrogens is 330 g/mol. The van der Waals surface area contributed by atoms with Gasteiger partial charge < -0.3 is 9.47 Å². The first-order valence-electron chi connectivity index (χ1n) is 8.45. The molecule has 0 aliphatic rings. The molecule has 0 saturated carbocycles. The molecule has 0 aromatic heterocycles. The molecule has 0 spiro atoms. The van der Waals surface area contributed by atoms with Crippen molar-refractivity contribution in [2.75, 3.05) is 7.11 Å². The van der Waals surface area contributed by atoms with Gasteiger partial charge in [-0.1, -0.05) is 68.4 Å².